The van der Waals surface area contributed by atoms with Crippen LogP contribution in [-0.4, -0.2) is 42.3 Å². The fourth-order valence-electron chi connectivity index (χ4n) is 3.53. The van der Waals surface area contributed by atoms with Crippen molar-refractivity contribution in [3.63, 3.8) is 0 Å². The van der Waals surface area contributed by atoms with Crippen molar-refractivity contribution >= 4 is 28.6 Å². The monoisotopic (exact) mass is 415 g/mol. The lowest BCUT2D eigenvalue weighted by Crippen LogP contribution is -2.38. The first-order valence-corrected chi connectivity index (χ1v) is 10.1. The van der Waals surface area contributed by atoms with Crippen molar-refractivity contribution < 1.29 is 10.2 Å². The van der Waals surface area contributed by atoms with Gasteiger partial charge in [-0.1, -0.05) is 30.3 Å². The van der Waals surface area contributed by atoms with E-state index in [2.05, 4.69) is 0 Å². The van der Waals surface area contributed by atoms with Crippen molar-refractivity contribution in [2.45, 2.75) is 0 Å². The molecule has 0 radical (unpaired) electrons. The predicted molar refractivity (Wildman–Crippen MR) is 127 cm³/mol. The van der Waals surface area contributed by atoms with Crippen LogP contribution in [-0.2, 0) is 0 Å². The average Bonchev–Trinajstić information content (AvgIpc) is 2.74. The topological polar surface area (TPSA) is 55.8 Å². The molecule has 3 rings (SSSR count). The van der Waals surface area contributed by atoms with E-state index in [1.165, 1.54) is 0 Å². The standard InChI is InChI=1S/C26H31N3O2/c1-27(2)20-11-7-18(8-12-20)25(19-9-13-21(14-10-19)28(3)4)23-16-15-22(29(5)6)17-24(23)26(30)31/h7-17,30-31H,1-6H3/p-2. The summed E-state index contributed by atoms with van der Waals surface area (Å²) in [7, 11) is 11.8. The van der Waals surface area contributed by atoms with Crippen molar-refractivity contribution in [1.29, 1.82) is 0 Å². The summed E-state index contributed by atoms with van der Waals surface area (Å²) in [4.78, 5) is 5.95. The van der Waals surface area contributed by atoms with E-state index in [1.54, 1.807) is 6.07 Å². The van der Waals surface area contributed by atoms with Crippen LogP contribution in [0.4, 0.5) is 17.1 Å². The summed E-state index contributed by atoms with van der Waals surface area (Å²) < 4.78 is 0. The molecule has 0 aliphatic heterocycles. The zero-order valence-corrected chi connectivity index (χ0v) is 19.0. The summed E-state index contributed by atoms with van der Waals surface area (Å²) in [6.45, 7) is 0. The molecular formula is C26H29N3O2-2. The van der Waals surface area contributed by atoms with E-state index in [1.807, 2.05) is 118 Å². The lowest BCUT2D eigenvalue weighted by molar-refractivity contribution is -0.435. The molecule has 0 saturated carbocycles. The van der Waals surface area contributed by atoms with E-state index in [0.29, 0.717) is 5.22 Å². The summed E-state index contributed by atoms with van der Waals surface area (Å²) in [5.41, 5.74) is 5.73. The summed E-state index contributed by atoms with van der Waals surface area (Å²) >= 11 is 0. The van der Waals surface area contributed by atoms with Gasteiger partial charge in [-0.15, -0.1) is 0 Å². The van der Waals surface area contributed by atoms with Crippen molar-refractivity contribution in [3.8, 4) is 0 Å². The van der Waals surface area contributed by atoms with Gasteiger partial charge in [0.2, 0.25) is 0 Å². The van der Waals surface area contributed by atoms with E-state index < -0.39 is 5.95 Å². The Kier molecular flexibility index (Phi) is 6.44. The molecule has 0 amide bonds. The first-order chi connectivity index (χ1) is 14.7. The van der Waals surface area contributed by atoms with E-state index in [4.69, 9.17) is 0 Å². The third-order valence-corrected chi connectivity index (χ3v) is 5.35. The van der Waals surface area contributed by atoms with Crippen LogP contribution in [0, 0.1) is 0 Å². The first kappa shape index (κ1) is 22.1. The Hall–Kier alpha value is -3.60. The highest BCUT2D eigenvalue weighted by atomic mass is 16.5. The van der Waals surface area contributed by atoms with Gasteiger partial charge in [0.25, 0.3) is 0 Å². The molecule has 3 aromatic rings. The molecular weight excluding hydrogens is 386 g/mol. The van der Waals surface area contributed by atoms with Gasteiger partial charge < -0.3 is 24.9 Å². The Morgan fingerprint density at radius 1 is 0.516 bits per heavy atom. The van der Waals surface area contributed by atoms with Crippen LogP contribution in [0.5, 0.6) is 0 Å². The first-order valence-electron chi connectivity index (χ1n) is 10.1. The van der Waals surface area contributed by atoms with Crippen molar-refractivity contribution in [1.82, 2.24) is 0 Å². The van der Waals surface area contributed by atoms with Crippen LogP contribution in [0.15, 0.2) is 66.7 Å². The minimum absolute atomic E-state index is 0.176. The van der Waals surface area contributed by atoms with Crippen LogP contribution in [0.25, 0.3) is 11.5 Å². The molecule has 0 heterocycles. The van der Waals surface area contributed by atoms with Crippen LogP contribution in [0.3, 0.4) is 0 Å². The van der Waals surface area contributed by atoms with Crippen LogP contribution < -0.4 is 35.4 Å². The Labute approximate surface area is 184 Å². The molecule has 5 nitrogen and oxygen atoms in total. The molecule has 0 unspecified atom stereocenters. The molecule has 0 fully saturated rings. The largest absolute Gasteiger partial charge is 0.884 e. The summed E-state index contributed by atoms with van der Waals surface area (Å²) in [6.07, 6.45) is 0. The molecule has 5 heteroatoms. The maximum absolute atomic E-state index is 12.1. The van der Waals surface area contributed by atoms with Crippen LogP contribution in [0.1, 0.15) is 11.1 Å². The zero-order chi connectivity index (χ0) is 22.7. The second-order valence-corrected chi connectivity index (χ2v) is 8.17. The SMILES string of the molecule is CN(C)c1ccc(C(c2ccc(N(C)C)cc2)=c2ccc(N(C)C)cc2=C([O-])[O-])cc1. The zero-order valence-electron chi connectivity index (χ0n) is 19.0. The molecule has 162 valence electrons. The van der Waals surface area contributed by atoms with Gasteiger partial charge in [0.05, 0.1) is 0 Å². The van der Waals surface area contributed by atoms with Gasteiger partial charge in [-0.3, -0.25) is 0 Å². The molecule has 0 spiro atoms. The lowest BCUT2D eigenvalue weighted by Gasteiger charge is -2.21. The van der Waals surface area contributed by atoms with E-state index in [-0.39, 0.29) is 5.22 Å². The molecule has 0 aromatic heterocycles. The van der Waals surface area contributed by atoms with Crippen molar-refractivity contribution in [2.75, 3.05) is 57.0 Å². The lowest BCUT2D eigenvalue weighted by atomic mass is 9.94. The Balaban J connectivity index is 2.37. The number of rotatable bonds is 5. The predicted octanol–water partition coefficient (Wildman–Crippen LogP) is 0.918. The van der Waals surface area contributed by atoms with E-state index in [9.17, 15) is 10.2 Å². The number of nitrogens with zero attached hydrogens (tertiary/aromatic N) is 3. The third-order valence-electron chi connectivity index (χ3n) is 5.35. The van der Waals surface area contributed by atoms with Gasteiger partial charge in [-0.05, 0) is 63.5 Å². The molecule has 0 saturated heterocycles. The molecule has 0 aliphatic rings. The highest BCUT2D eigenvalue weighted by molar-refractivity contribution is 5.81. The molecule has 0 atom stereocenters. The highest BCUT2D eigenvalue weighted by Crippen LogP contribution is 2.25. The minimum atomic E-state index is -1.19. The molecule has 3 aromatic carbocycles. The van der Waals surface area contributed by atoms with Gasteiger partial charge in [0, 0.05) is 59.3 Å². The van der Waals surface area contributed by atoms with Crippen molar-refractivity contribution in [2.24, 2.45) is 0 Å². The highest BCUT2D eigenvalue weighted by Gasteiger charge is 2.09. The number of hydrogen-bond donors (Lipinski definition) is 0. The van der Waals surface area contributed by atoms with E-state index >= 15 is 0 Å². The minimum Gasteiger partial charge on any atom is -0.884 e. The molecule has 31 heavy (non-hydrogen) atoms. The second-order valence-electron chi connectivity index (χ2n) is 8.17. The molecule has 0 aliphatic carbocycles. The maximum atomic E-state index is 12.1. The maximum Gasteiger partial charge on any atom is 0.0366 e. The number of benzene rings is 3. The van der Waals surface area contributed by atoms with Gasteiger partial charge in [0.15, 0.2) is 0 Å². The van der Waals surface area contributed by atoms with Gasteiger partial charge in [-0.2, -0.15) is 5.95 Å². The fourth-order valence-corrected chi connectivity index (χ4v) is 3.53. The number of anilines is 3. The quantitative estimate of drug-likeness (QED) is 0.620. The second kappa shape index (κ2) is 9.04. The molecule has 0 bridgehead atoms. The fraction of sp³-hybridized carbons (Fsp3) is 0.231. The molecule has 0 N–H and O–H groups in total. The van der Waals surface area contributed by atoms with Gasteiger partial charge in [0.1, 0.15) is 0 Å². The summed E-state index contributed by atoms with van der Waals surface area (Å²) in [5, 5.41) is 25.0. The smallest absolute Gasteiger partial charge is 0.0366 e. The van der Waals surface area contributed by atoms with Gasteiger partial charge >= 0.3 is 0 Å². The Morgan fingerprint density at radius 3 is 1.26 bits per heavy atom. The normalized spacial score (nSPS) is 10.5. The average molecular weight is 416 g/mol. The number of hydrogen-bond acceptors (Lipinski definition) is 5. The van der Waals surface area contributed by atoms with Crippen LogP contribution in [0.2, 0.25) is 0 Å². The van der Waals surface area contributed by atoms with E-state index in [0.717, 1.165) is 33.8 Å². The van der Waals surface area contributed by atoms with Crippen LogP contribution >= 0.6 is 0 Å². The Bertz CT molecular complexity index is 1110. The summed E-state index contributed by atoms with van der Waals surface area (Å²) in [6, 6.07) is 21.8. The third kappa shape index (κ3) is 4.77. The van der Waals surface area contributed by atoms with Gasteiger partial charge in [-0.25, -0.2) is 0 Å². The Morgan fingerprint density at radius 2 is 0.903 bits per heavy atom. The summed E-state index contributed by atoms with van der Waals surface area (Å²) in [5.74, 6) is -1.19. The van der Waals surface area contributed by atoms with Crippen molar-refractivity contribution in [3.05, 3.63) is 88.3 Å².